The summed E-state index contributed by atoms with van der Waals surface area (Å²) in [4.78, 5) is 17.0. The molecule has 0 spiro atoms. The molecular weight excluding hydrogens is 260 g/mol. The highest BCUT2D eigenvalue weighted by molar-refractivity contribution is 7.10. The minimum atomic E-state index is -0.515. The molecule has 0 saturated carbocycles. The largest absolute Gasteiger partial charge is 0.467 e. The molecule has 0 bridgehead atoms. The van der Waals surface area contributed by atoms with Crippen LogP contribution in [0.1, 0.15) is 22.2 Å². The fourth-order valence-electron chi connectivity index (χ4n) is 1.84. The molecule has 19 heavy (non-hydrogen) atoms. The lowest BCUT2D eigenvalue weighted by Crippen LogP contribution is -2.22. The van der Waals surface area contributed by atoms with Gasteiger partial charge in [0.15, 0.2) is 6.04 Å². The molecular formula is C14H16N2O2S. The van der Waals surface area contributed by atoms with Crippen molar-refractivity contribution in [1.82, 2.24) is 4.98 Å². The van der Waals surface area contributed by atoms with E-state index < -0.39 is 6.04 Å². The van der Waals surface area contributed by atoms with E-state index in [1.807, 2.05) is 38.1 Å². The molecule has 0 aliphatic rings. The van der Waals surface area contributed by atoms with E-state index in [4.69, 9.17) is 4.74 Å². The van der Waals surface area contributed by atoms with Crippen LogP contribution in [0.5, 0.6) is 0 Å². The highest BCUT2D eigenvalue weighted by Crippen LogP contribution is 2.27. The Labute approximate surface area is 116 Å². The average Bonchev–Trinajstić information content (AvgIpc) is 2.81. The highest BCUT2D eigenvalue weighted by atomic mass is 32.1. The van der Waals surface area contributed by atoms with Crippen LogP contribution in [0.4, 0.5) is 5.69 Å². The number of carbonyl (C=O) groups excluding carboxylic acids is 1. The first-order valence-electron chi connectivity index (χ1n) is 5.93. The minimum Gasteiger partial charge on any atom is -0.467 e. The van der Waals surface area contributed by atoms with Crippen molar-refractivity contribution in [2.24, 2.45) is 0 Å². The minimum absolute atomic E-state index is 0.311. The molecule has 2 rings (SSSR count). The van der Waals surface area contributed by atoms with Crippen molar-refractivity contribution in [2.75, 3.05) is 12.4 Å². The Morgan fingerprint density at radius 1 is 1.42 bits per heavy atom. The molecule has 0 fully saturated rings. The molecule has 5 heteroatoms. The van der Waals surface area contributed by atoms with Gasteiger partial charge in [0.05, 0.1) is 23.2 Å². The maximum absolute atomic E-state index is 11.9. The summed E-state index contributed by atoms with van der Waals surface area (Å²) >= 11 is 1.45. The molecule has 2 aromatic rings. The van der Waals surface area contributed by atoms with Gasteiger partial charge in [-0.25, -0.2) is 9.78 Å². The van der Waals surface area contributed by atoms with E-state index >= 15 is 0 Å². The first-order chi connectivity index (χ1) is 9.11. The molecule has 1 N–H and O–H groups in total. The van der Waals surface area contributed by atoms with Crippen LogP contribution in [0, 0.1) is 13.8 Å². The van der Waals surface area contributed by atoms with Crippen LogP contribution in [0.25, 0.3) is 0 Å². The van der Waals surface area contributed by atoms with E-state index in [2.05, 4.69) is 10.3 Å². The van der Waals surface area contributed by atoms with Crippen molar-refractivity contribution in [3.8, 4) is 0 Å². The number of anilines is 1. The van der Waals surface area contributed by atoms with Crippen LogP contribution in [-0.2, 0) is 9.53 Å². The second-order valence-electron chi connectivity index (χ2n) is 4.27. The second kappa shape index (κ2) is 5.84. The fraction of sp³-hybridized carbons (Fsp3) is 0.286. The van der Waals surface area contributed by atoms with E-state index in [9.17, 15) is 4.79 Å². The average molecular weight is 276 g/mol. The zero-order valence-corrected chi connectivity index (χ0v) is 12.0. The zero-order chi connectivity index (χ0) is 13.8. The Bertz CT molecular complexity index is 580. The summed E-state index contributed by atoms with van der Waals surface area (Å²) in [6.45, 7) is 3.90. The van der Waals surface area contributed by atoms with Gasteiger partial charge in [0.1, 0.15) is 0 Å². The van der Waals surface area contributed by atoms with Crippen LogP contribution in [0.3, 0.4) is 0 Å². The standard InChI is InChI=1S/C14H16N2O2S/c1-9-5-4-6-11(7-9)16-12(14(17)18-3)13-10(2)15-8-19-13/h4-8,12,16H,1-3H3. The molecule has 1 heterocycles. The molecule has 1 aromatic carbocycles. The second-order valence-corrected chi connectivity index (χ2v) is 5.16. The topological polar surface area (TPSA) is 51.2 Å². The van der Waals surface area contributed by atoms with Gasteiger partial charge in [-0.2, -0.15) is 0 Å². The normalized spacial score (nSPS) is 11.9. The highest BCUT2D eigenvalue weighted by Gasteiger charge is 2.24. The maximum Gasteiger partial charge on any atom is 0.333 e. The van der Waals surface area contributed by atoms with E-state index in [-0.39, 0.29) is 5.97 Å². The summed E-state index contributed by atoms with van der Waals surface area (Å²) in [6, 6.07) is 7.37. The Morgan fingerprint density at radius 3 is 2.79 bits per heavy atom. The molecule has 0 saturated heterocycles. The third kappa shape index (κ3) is 3.12. The lowest BCUT2D eigenvalue weighted by Gasteiger charge is -2.17. The van der Waals surface area contributed by atoms with E-state index in [0.29, 0.717) is 0 Å². The number of methoxy groups -OCH3 is 1. The summed E-state index contributed by atoms with van der Waals surface area (Å²) < 4.78 is 4.87. The van der Waals surface area contributed by atoms with Gasteiger partial charge in [0.2, 0.25) is 0 Å². The van der Waals surface area contributed by atoms with Gasteiger partial charge < -0.3 is 10.1 Å². The zero-order valence-electron chi connectivity index (χ0n) is 11.1. The molecule has 0 amide bonds. The van der Waals surface area contributed by atoms with E-state index in [0.717, 1.165) is 21.8 Å². The van der Waals surface area contributed by atoms with Crippen LogP contribution in [0.15, 0.2) is 29.8 Å². The van der Waals surface area contributed by atoms with Crippen LogP contribution in [0.2, 0.25) is 0 Å². The van der Waals surface area contributed by atoms with Crippen LogP contribution in [-0.4, -0.2) is 18.1 Å². The van der Waals surface area contributed by atoms with Crippen molar-refractivity contribution in [2.45, 2.75) is 19.9 Å². The lowest BCUT2D eigenvalue weighted by molar-refractivity contribution is -0.141. The monoisotopic (exact) mass is 276 g/mol. The number of aryl methyl sites for hydroxylation is 2. The number of ether oxygens (including phenoxy) is 1. The predicted octanol–water partition coefficient (Wildman–Crippen LogP) is 3.09. The number of thiazole rings is 1. The Kier molecular flexibility index (Phi) is 4.16. The van der Waals surface area contributed by atoms with Gasteiger partial charge in [-0.15, -0.1) is 11.3 Å². The number of nitrogens with one attached hydrogen (secondary N) is 1. The first kappa shape index (κ1) is 13.5. The molecule has 0 aliphatic carbocycles. The van der Waals surface area contributed by atoms with Gasteiger partial charge in [-0.05, 0) is 31.5 Å². The van der Waals surface area contributed by atoms with Gasteiger partial charge in [-0.1, -0.05) is 12.1 Å². The predicted molar refractivity (Wildman–Crippen MR) is 76.4 cm³/mol. The van der Waals surface area contributed by atoms with E-state index in [1.54, 1.807) is 5.51 Å². The Balaban J connectivity index is 2.29. The maximum atomic E-state index is 11.9. The first-order valence-corrected chi connectivity index (χ1v) is 6.81. The van der Waals surface area contributed by atoms with Crippen LogP contribution >= 0.6 is 11.3 Å². The Morgan fingerprint density at radius 2 is 2.21 bits per heavy atom. The lowest BCUT2D eigenvalue weighted by atomic mass is 10.1. The third-order valence-corrected chi connectivity index (χ3v) is 3.81. The molecule has 1 atom stereocenters. The van der Waals surface area contributed by atoms with Crippen molar-refractivity contribution >= 4 is 23.0 Å². The molecule has 1 aromatic heterocycles. The van der Waals surface area contributed by atoms with Crippen molar-refractivity contribution in [1.29, 1.82) is 0 Å². The number of carbonyl (C=O) groups is 1. The van der Waals surface area contributed by atoms with Crippen molar-refractivity contribution < 1.29 is 9.53 Å². The number of hydrogen-bond donors (Lipinski definition) is 1. The number of esters is 1. The summed E-state index contributed by atoms with van der Waals surface area (Å²) in [5.74, 6) is -0.311. The molecule has 4 nitrogen and oxygen atoms in total. The molecule has 1 unspecified atom stereocenters. The number of aromatic nitrogens is 1. The molecule has 0 aliphatic heterocycles. The number of benzene rings is 1. The fourth-order valence-corrected chi connectivity index (χ4v) is 2.68. The van der Waals surface area contributed by atoms with Crippen molar-refractivity contribution in [3.63, 3.8) is 0 Å². The molecule has 0 radical (unpaired) electrons. The van der Waals surface area contributed by atoms with Crippen molar-refractivity contribution in [3.05, 3.63) is 45.9 Å². The van der Waals surface area contributed by atoms with Gasteiger partial charge in [0, 0.05) is 5.69 Å². The molecule has 100 valence electrons. The number of rotatable bonds is 4. The summed E-state index contributed by atoms with van der Waals surface area (Å²) in [5, 5.41) is 3.21. The SMILES string of the molecule is COC(=O)C(Nc1cccc(C)c1)c1scnc1C. The van der Waals surface area contributed by atoms with E-state index in [1.165, 1.54) is 18.4 Å². The summed E-state index contributed by atoms with van der Waals surface area (Å²) in [7, 11) is 1.39. The van der Waals surface area contributed by atoms with Gasteiger partial charge in [-0.3, -0.25) is 0 Å². The van der Waals surface area contributed by atoms with Gasteiger partial charge in [0.25, 0.3) is 0 Å². The third-order valence-electron chi connectivity index (χ3n) is 2.81. The number of nitrogens with zero attached hydrogens (tertiary/aromatic N) is 1. The van der Waals surface area contributed by atoms with Crippen LogP contribution < -0.4 is 5.32 Å². The number of hydrogen-bond acceptors (Lipinski definition) is 5. The summed E-state index contributed by atoms with van der Waals surface area (Å²) in [5.41, 5.74) is 4.61. The van der Waals surface area contributed by atoms with Gasteiger partial charge >= 0.3 is 5.97 Å². The Hall–Kier alpha value is -1.88. The smallest absolute Gasteiger partial charge is 0.333 e. The quantitative estimate of drug-likeness (QED) is 0.872. The summed E-state index contributed by atoms with van der Waals surface area (Å²) in [6.07, 6.45) is 0.